The van der Waals surface area contributed by atoms with Gasteiger partial charge >= 0.3 is 11.8 Å². The SMILES string of the molecule is CCCCCCCCC(=C1N(OC)C(=O)C(=O)N1OC)c1ccccc1. The maximum Gasteiger partial charge on any atom is 0.344 e. The number of carbonyl (C=O) groups excluding carboxylic acids is 2. The number of carbonyl (C=O) groups is 2. The van der Waals surface area contributed by atoms with E-state index in [2.05, 4.69) is 6.92 Å². The number of benzene rings is 1. The van der Waals surface area contributed by atoms with Crippen molar-refractivity contribution in [1.82, 2.24) is 10.1 Å². The van der Waals surface area contributed by atoms with Crippen molar-refractivity contribution in [2.24, 2.45) is 0 Å². The maximum atomic E-state index is 12.2. The first kappa shape index (κ1) is 20.1. The fraction of sp³-hybridized carbons (Fsp3) is 0.500. The average Bonchev–Trinajstić information content (AvgIpc) is 2.91. The number of amides is 2. The van der Waals surface area contributed by atoms with Crippen molar-refractivity contribution in [1.29, 1.82) is 0 Å². The molecular formula is C20H28N2O4. The van der Waals surface area contributed by atoms with Crippen LogP contribution < -0.4 is 0 Å². The van der Waals surface area contributed by atoms with Gasteiger partial charge in [-0.15, -0.1) is 0 Å². The van der Waals surface area contributed by atoms with Crippen molar-refractivity contribution in [3.8, 4) is 0 Å². The standard InChI is InChI=1S/C20H28N2O4/c1-4-5-6-7-8-12-15-17(16-13-10-9-11-14-16)18-21(25-2)19(23)20(24)22(18)26-3/h9-11,13-14H,4-8,12,15H2,1-3H3. The summed E-state index contributed by atoms with van der Waals surface area (Å²) in [6, 6.07) is 9.74. The number of allylic oxidation sites excluding steroid dienone is 1. The lowest BCUT2D eigenvalue weighted by atomic mass is 9.98. The van der Waals surface area contributed by atoms with Gasteiger partial charge in [0.15, 0.2) is 5.82 Å². The van der Waals surface area contributed by atoms with Gasteiger partial charge in [0, 0.05) is 5.57 Å². The Morgan fingerprint density at radius 2 is 1.38 bits per heavy atom. The summed E-state index contributed by atoms with van der Waals surface area (Å²) in [6.45, 7) is 2.20. The Morgan fingerprint density at radius 3 is 1.92 bits per heavy atom. The van der Waals surface area contributed by atoms with E-state index in [-0.39, 0.29) is 0 Å². The third kappa shape index (κ3) is 4.51. The van der Waals surface area contributed by atoms with E-state index in [1.807, 2.05) is 30.3 Å². The molecule has 1 aliphatic rings. The molecule has 1 heterocycles. The highest BCUT2D eigenvalue weighted by Gasteiger charge is 2.44. The molecule has 0 aliphatic carbocycles. The van der Waals surface area contributed by atoms with Crippen molar-refractivity contribution in [2.45, 2.75) is 51.9 Å². The molecule has 1 aromatic carbocycles. The molecule has 0 atom stereocenters. The molecule has 2 amide bonds. The number of hydrogen-bond donors (Lipinski definition) is 0. The first-order chi connectivity index (χ1) is 12.7. The smallest absolute Gasteiger partial charge is 0.267 e. The Morgan fingerprint density at radius 1 is 0.846 bits per heavy atom. The Hall–Kier alpha value is -2.18. The second kappa shape index (κ2) is 10.1. The molecule has 0 spiro atoms. The molecular weight excluding hydrogens is 332 g/mol. The van der Waals surface area contributed by atoms with Gasteiger partial charge < -0.3 is 0 Å². The number of hydrogen-bond acceptors (Lipinski definition) is 4. The number of nitrogens with zero attached hydrogens (tertiary/aromatic N) is 2. The molecule has 1 aromatic rings. The highest BCUT2D eigenvalue weighted by Crippen LogP contribution is 2.33. The van der Waals surface area contributed by atoms with E-state index in [4.69, 9.17) is 9.68 Å². The van der Waals surface area contributed by atoms with Crippen LogP contribution in [0.1, 0.15) is 57.4 Å². The number of unbranched alkanes of at least 4 members (excludes halogenated alkanes) is 5. The Labute approximate surface area is 155 Å². The molecule has 0 N–H and O–H groups in total. The van der Waals surface area contributed by atoms with E-state index in [0.29, 0.717) is 5.82 Å². The number of hydroxylamine groups is 4. The monoisotopic (exact) mass is 360 g/mol. The lowest BCUT2D eigenvalue weighted by Gasteiger charge is -2.22. The van der Waals surface area contributed by atoms with Gasteiger partial charge in [-0.25, -0.2) is 0 Å². The molecule has 0 bridgehead atoms. The van der Waals surface area contributed by atoms with E-state index in [1.165, 1.54) is 39.9 Å². The molecule has 142 valence electrons. The molecule has 0 unspecified atom stereocenters. The van der Waals surface area contributed by atoms with Crippen molar-refractivity contribution in [2.75, 3.05) is 14.2 Å². The van der Waals surface area contributed by atoms with Crippen LogP contribution in [0, 0.1) is 0 Å². The zero-order chi connectivity index (χ0) is 18.9. The Balaban J connectivity index is 2.30. The van der Waals surface area contributed by atoms with Crippen LogP contribution in [-0.4, -0.2) is 36.2 Å². The molecule has 1 fully saturated rings. The van der Waals surface area contributed by atoms with Gasteiger partial charge in [0.05, 0.1) is 14.2 Å². The van der Waals surface area contributed by atoms with Gasteiger partial charge in [-0.05, 0) is 18.4 Å². The van der Waals surface area contributed by atoms with Crippen molar-refractivity contribution < 1.29 is 19.3 Å². The Bertz CT molecular complexity index is 618. The molecule has 6 nitrogen and oxygen atoms in total. The third-order valence-corrected chi connectivity index (χ3v) is 4.47. The zero-order valence-electron chi connectivity index (χ0n) is 15.9. The van der Waals surface area contributed by atoms with Crippen LogP contribution in [0.4, 0.5) is 0 Å². The zero-order valence-corrected chi connectivity index (χ0v) is 15.9. The van der Waals surface area contributed by atoms with E-state index >= 15 is 0 Å². The van der Waals surface area contributed by atoms with E-state index in [1.54, 1.807) is 0 Å². The van der Waals surface area contributed by atoms with E-state index in [0.717, 1.165) is 40.5 Å². The molecule has 1 saturated heterocycles. The summed E-state index contributed by atoms with van der Waals surface area (Å²) in [6.07, 6.45) is 7.69. The Kier molecular flexibility index (Phi) is 7.81. The second-order valence-electron chi connectivity index (χ2n) is 6.25. The fourth-order valence-corrected chi connectivity index (χ4v) is 3.14. The van der Waals surface area contributed by atoms with Crippen molar-refractivity contribution >= 4 is 17.4 Å². The normalized spacial score (nSPS) is 14.5. The van der Waals surface area contributed by atoms with Crippen LogP contribution in [0.2, 0.25) is 0 Å². The van der Waals surface area contributed by atoms with Crippen LogP contribution in [0.25, 0.3) is 5.57 Å². The topological polar surface area (TPSA) is 59.1 Å². The quantitative estimate of drug-likeness (QED) is 0.469. The first-order valence-corrected chi connectivity index (χ1v) is 9.21. The van der Waals surface area contributed by atoms with Gasteiger partial charge in [0.1, 0.15) is 0 Å². The third-order valence-electron chi connectivity index (χ3n) is 4.47. The summed E-state index contributed by atoms with van der Waals surface area (Å²) in [5.41, 5.74) is 1.81. The lowest BCUT2D eigenvalue weighted by Crippen LogP contribution is -2.26. The largest absolute Gasteiger partial charge is 0.344 e. The van der Waals surface area contributed by atoms with Gasteiger partial charge in [0.2, 0.25) is 0 Å². The van der Waals surface area contributed by atoms with Gasteiger partial charge in [-0.1, -0.05) is 69.4 Å². The fourth-order valence-electron chi connectivity index (χ4n) is 3.14. The second-order valence-corrected chi connectivity index (χ2v) is 6.25. The highest BCUT2D eigenvalue weighted by molar-refractivity contribution is 6.37. The minimum absolute atomic E-state index is 0.352. The van der Waals surface area contributed by atoms with Crippen LogP contribution in [0.3, 0.4) is 0 Å². The lowest BCUT2D eigenvalue weighted by molar-refractivity contribution is -0.164. The van der Waals surface area contributed by atoms with Gasteiger partial charge in [-0.3, -0.25) is 19.3 Å². The minimum atomic E-state index is -0.749. The minimum Gasteiger partial charge on any atom is -0.267 e. The van der Waals surface area contributed by atoms with Crippen molar-refractivity contribution in [3.63, 3.8) is 0 Å². The van der Waals surface area contributed by atoms with Crippen LogP contribution in [-0.2, 0) is 19.3 Å². The molecule has 0 saturated carbocycles. The summed E-state index contributed by atoms with van der Waals surface area (Å²) >= 11 is 0. The van der Waals surface area contributed by atoms with Crippen LogP contribution in [0.15, 0.2) is 36.2 Å². The summed E-state index contributed by atoms with van der Waals surface area (Å²) < 4.78 is 0. The summed E-state index contributed by atoms with van der Waals surface area (Å²) in [5.74, 6) is -1.15. The van der Waals surface area contributed by atoms with Crippen LogP contribution in [0.5, 0.6) is 0 Å². The number of rotatable bonds is 10. The molecule has 6 heteroatoms. The first-order valence-electron chi connectivity index (χ1n) is 9.21. The van der Waals surface area contributed by atoms with Gasteiger partial charge in [0.25, 0.3) is 0 Å². The average molecular weight is 360 g/mol. The highest BCUT2D eigenvalue weighted by atomic mass is 16.7. The molecule has 2 rings (SSSR count). The molecule has 1 aliphatic heterocycles. The molecule has 0 radical (unpaired) electrons. The summed E-state index contributed by atoms with van der Waals surface area (Å²) in [5, 5.41) is 2.04. The predicted molar refractivity (Wildman–Crippen MR) is 99.1 cm³/mol. The molecule has 0 aromatic heterocycles. The maximum absolute atomic E-state index is 12.2. The van der Waals surface area contributed by atoms with Crippen LogP contribution >= 0.6 is 0 Å². The predicted octanol–water partition coefficient (Wildman–Crippen LogP) is 3.90. The summed E-state index contributed by atoms with van der Waals surface area (Å²) in [4.78, 5) is 34.8. The molecule has 26 heavy (non-hydrogen) atoms. The summed E-state index contributed by atoms with van der Waals surface area (Å²) in [7, 11) is 2.75. The van der Waals surface area contributed by atoms with Gasteiger partial charge in [-0.2, -0.15) is 10.1 Å². The van der Waals surface area contributed by atoms with E-state index in [9.17, 15) is 9.59 Å². The van der Waals surface area contributed by atoms with Crippen molar-refractivity contribution in [3.05, 3.63) is 41.7 Å². The van der Waals surface area contributed by atoms with E-state index < -0.39 is 11.8 Å².